The lowest BCUT2D eigenvalue weighted by Gasteiger charge is -2.30. The first-order valence-corrected chi connectivity index (χ1v) is 6.39. The van der Waals surface area contributed by atoms with E-state index in [1.54, 1.807) is 17.4 Å². The fourth-order valence-corrected chi connectivity index (χ4v) is 2.26. The third kappa shape index (κ3) is 3.18. The van der Waals surface area contributed by atoms with Crippen LogP contribution in [0.1, 0.15) is 4.88 Å². The van der Waals surface area contributed by atoms with Gasteiger partial charge in [-0.25, -0.2) is 4.79 Å². The molecule has 1 amide bonds. The van der Waals surface area contributed by atoms with Gasteiger partial charge in [0.05, 0.1) is 13.2 Å². The van der Waals surface area contributed by atoms with Crippen LogP contribution in [0.15, 0.2) is 23.6 Å². The molecule has 96 valence electrons. The van der Waals surface area contributed by atoms with Crippen LogP contribution in [0.25, 0.3) is 6.08 Å². The topological polar surface area (TPSA) is 66.8 Å². The zero-order valence-corrected chi connectivity index (χ0v) is 10.4. The number of ether oxygens (including phenoxy) is 1. The normalized spacial score (nSPS) is 20.2. The highest BCUT2D eigenvalue weighted by Gasteiger charge is 2.27. The highest BCUT2D eigenvalue weighted by atomic mass is 32.1. The molecule has 1 saturated heterocycles. The van der Waals surface area contributed by atoms with Crippen LogP contribution in [0.5, 0.6) is 0 Å². The van der Waals surface area contributed by atoms with Crippen LogP contribution >= 0.6 is 11.3 Å². The molecule has 0 spiro atoms. The van der Waals surface area contributed by atoms with Crippen molar-refractivity contribution in [3.8, 4) is 0 Å². The number of aliphatic carboxylic acids is 1. The average molecular weight is 267 g/mol. The van der Waals surface area contributed by atoms with Crippen LogP contribution in [-0.4, -0.2) is 47.7 Å². The second-order valence-corrected chi connectivity index (χ2v) is 4.81. The molecular formula is C12H13NO4S. The molecule has 1 aliphatic rings. The van der Waals surface area contributed by atoms with E-state index in [1.807, 2.05) is 17.5 Å². The van der Waals surface area contributed by atoms with Crippen LogP contribution in [0.3, 0.4) is 0 Å². The number of hydrogen-bond acceptors (Lipinski definition) is 4. The molecule has 18 heavy (non-hydrogen) atoms. The molecule has 1 fully saturated rings. The lowest BCUT2D eigenvalue weighted by molar-refractivity contribution is -0.158. The lowest BCUT2D eigenvalue weighted by Crippen LogP contribution is -2.48. The Morgan fingerprint density at radius 3 is 3.06 bits per heavy atom. The number of rotatable bonds is 3. The smallest absolute Gasteiger partial charge is 0.334 e. The molecule has 0 saturated carbocycles. The number of thiophene rings is 1. The number of carboxylic acid groups (broad SMARTS) is 1. The molecule has 0 bridgehead atoms. The van der Waals surface area contributed by atoms with Crippen molar-refractivity contribution in [1.82, 2.24) is 4.90 Å². The van der Waals surface area contributed by atoms with Gasteiger partial charge in [0, 0.05) is 17.5 Å². The van der Waals surface area contributed by atoms with Gasteiger partial charge in [-0.2, -0.15) is 0 Å². The van der Waals surface area contributed by atoms with E-state index in [2.05, 4.69) is 0 Å². The van der Waals surface area contributed by atoms with Crippen LogP contribution < -0.4 is 0 Å². The second-order valence-electron chi connectivity index (χ2n) is 3.83. The molecule has 1 aliphatic heterocycles. The number of amides is 1. The van der Waals surface area contributed by atoms with Crippen molar-refractivity contribution in [2.75, 3.05) is 19.7 Å². The predicted molar refractivity (Wildman–Crippen MR) is 67.3 cm³/mol. The molecule has 0 aliphatic carbocycles. The van der Waals surface area contributed by atoms with Crippen molar-refractivity contribution in [3.63, 3.8) is 0 Å². The summed E-state index contributed by atoms with van der Waals surface area (Å²) in [6, 6.07) is 3.82. The average Bonchev–Trinajstić information content (AvgIpc) is 2.89. The van der Waals surface area contributed by atoms with E-state index in [9.17, 15) is 9.59 Å². The quantitative estimate of drug-likeness (QED) is 0.832. The maximum Gasteiger partial charge on any atom is 0.334 e. The van der Waals surface area contributed by atoms with Gasteiger partial charge in [0.2, 0.25) is 5.91 Å². The van der Waals surface area contributed by atoms with Crippen LogP contribution in [0, 0.1) is 0 Å². The molecule has 1 atom stereocenters. The molecule has 0 aromatic carbocycles. The van der Waals surface area contributed by atoms with Crippen LogP contribution in [0.2, 0.25) is 0 Å². The molecule has 1 N–H and O–H groups in total. The van der Waals surface area contributed by atoms with Crippen molar-refractivity contribution in [2.45, 2.75) is 6.10 Å². The van der Waals surface area contributed by atoms with Crippen molar-refractivity contribution >= 4 is 29.3 Å². The minimum atomic E-state index is -1.03. The molecule has 1 aromatic heterocycles. The van der Waals surface area contributed by atoms with Gasteiger partial charge < -0.3 is 14.7 Å². The largest absolute Gasteiger partial charge is 0.479 e. The Balaban J connectivity index is 1.94. The van der Waals surface area contributed by atoms with Gasteiger partial charge in [0.15, 0.2) is 6.10 Å². The highest BCUT2D eigenvalue weighted by Crippen LogP contribution is 2.11. The Bertz CT molecular complexity index is 455. The fraction of sp³-hybridized carbons (Fsp3) is 0.333. The number of morpholine rings is 1. The van der Waals surface area contributed by atoms with Gasteiger partial charge in [-0.05, 0) is 17.5 Å². The molecule has 1 aromatic rings. The fourth-order valence-electron chi connectivity index (χ4n) is 1.64. The Hall–Kier alpha value is -1.66. The summed E-state index contributed by atoms with van der Waals surface area (Å²) in [4.78, 5) is 25.1. The summed E-state index contributed by atoms with van der Waals surface area (Å²) >= 11 is 1.54. The summed E-state index contributed by atoms with van der Waals surface area (Å²) < 4.78 is 5.05. The second kappa shape index (κ2) is 5.79. The lowest BCUT2D eigenvalue weighted by atomic mass is 10.2. The summed E-state index contributed by atoms with van der Waals surface area (Å²) in [7, 11) is 0. The summed E-state index contributed by atoms with van der Waals surface area (Å²) in [5.74, 6) is -1.22. The number of hydrogen-bond donors (Lipinski definition) is 1. The monoisotopic (exact) mass is 267 g/mol. The SMILES string of the molecule is O=C(O)[C@H]1CN(C(=O)/C=C\c2cccs2)CCO1. The Kier molecular flexibility index (Phi) is 4.11. The Morgan fingerprint density at radius 2 is 2.39 bits per heavy atom. The zero-order chi connectivity index (χ0) is 13.0. The van der Waals surface area contributed by atoms with Gasteiger partial charge in [0.1, 0.15) is 0 Å². The summed E-state index contributed by atoms with van der Waals surface area (Å²) in [5.41, 5.74) is 0. The summed E-state index contributed by atoms with van der Waals surface area (Å²) in [6.07, 6.45) is 2.28. The van der Waals surface area contributed by atoms with Crippen LogP contribution in [0.4, 0.5) is 0 Å². The summed E-state index contributed by atoms with van der Waals surface area (Å²) in [6.45, 7) is 0.788. The predicted octanol–water partition coefficient (Wildman–Crippen LogP) is 1.07. The standard InChI is InChI=1S/C12H13NO4S/c14-11(4-3-9-2-1-7-18-9)13-5-6-17-10(8-13)12(15)16/h1-4,7,10H,5-6,8H2,(H,15,16)/b4-3-/t10-/m1/s1. The van der Waals surface area contributed by atoms with E-state index < -0.39 is 12.1 Å². The van der Waals surface area contributed by atoms with E-state index >= 15 is 0 Å². The third-order valence-electron chi connectivity index (χ3n) is 2.59. The van der Waals surface area contributed by atoms with E-state index in [0.717, 1.165) is 4.88 Å². The van der Waals surface area contributed by atoms with Crippen molar-refractivity contribution in [3.05, 3.63) is 28.5 Å². The summed E-state index contributed by atoms with van der Waals surface area (Å²) in [5, 5.41) is 10.8. The first kappa shape index (κ1) is 12.8. The number of carbonyl (C=O) groups excluding carboxylic acids is 1. The maximum atomic E-state index is 11.9. The van der Waals surface area contributed by atoms with E-state index in [4.69, 9.17) is 9.84 Å². The molecule has 0 radical (unpaired) electrons. The molecule has 0 unspecified atom stereocenters. The maximum absolute atomic E-state index is 11.9. The van der Waals surface area contributed by atoms with Gasteiger partial charge in [-0.3, -0.25) is 4.79 Å². The first-order valence-electron chi connectivity index (χ1n) is 5.52. The first-order chi connectivity index (χ1) is 8.66. The van der Waals surface area contributed by atoms with Gasteiger partial charge >= 0.3 is 5.97 Å². The Labute approximate surface area is 108 Å². The minimum Gasteiger partial charge on any atom is -0.479 e. The van der Waals surface area contributed by atoms with Crippen LogP contribution in [-0.2, 0) is 14.3 Å². The number of nitrogens with zero attached hydrogens (tertiary/aromatic N) is 1. The van der Waals surface area contributed by atoms with Crippen molar-refractivity contribution in [1.29, 1.82) is 0 Å². The zero-order valence-electron chi connectivity index (χ0n) is 9.61. The highest BCUT2D eigenvalue weighted by molar-refractivity contribution is 7.10. The van der Waals surface area contributed by atoms with E-state index in [1.165, 1.54) is 11.0 Å². The van der Waals surface area contributed by atoms with Gasteiger partial charge in [-0.15, -0.1) is 11.3 Å². The third-order valence-corrected chi connectivity index (χ3v) is 3.42. The molecule has 6 heteroatoms. The van der Waals surface area contributed by atoms with Gasteiger partial charge in [-0.1, -0.05) is 6.07 Å². The molecular weight excluding hydrogens is 254 g/mol. The Morgan fingerprint density at radius 1 is 1.56 bits per heavy atom. The van der Waals surface area contributed by atoms with E-state index in [-0.39, 0.29) is 19.1 Å². The molecule has 2 heterocycles. The van der Waals surface area contributed by atoms with Gasteiger partial charge in [0.25, 0.3) is 0 Å². The molecule has 5 nitrogen and oxygen atoms in total. The number of carboxylic acids is 1. The van der Waals surface area contributed by atoms with Crippen molar-refractivity contribution in [2.24, 2.45) is 0 Å². The molecule has 2 rings (SSSR count). The number of carbonyl (C=O) groups is 2. The minimum absolute atomic E-state index is 0.100. The van der Waals surface area contributed by atoms with Crippen molar-refractivity contribution < 1.29 is 19.4 Å². The van der Waals surface area contributed by atoms with E-state index in [0.29, 0.717) is 6.54 Å².